The normalized spacial score (nSPS) is 15.7. The zero-order chi connectivity index (χ0) is 16.9. The Balaban J connectivity index is 1.73. The van der Waals surface area contributed by atoms with Crippen LogP contribution in [0.25, 0.3) is 0 Å². The summed E-state index contributed by atoms with van der Waals surface area (Å²) in [4.78, 5) is 34.7. The Hall–Kier alpha value is -2.89. The van der Waals surface area contributed by atoms with Crippen LogP contribution in [0.5, 0.6) is 0 Å². The molecule has 1 aromatic heterocycles. The maximum absolute atomic E-state index is 12.3. The molecule has 2 heterocycles. The number of hydrogen-bond acceptors (Lipinski definition) is 5. The highest BCUT2D eigenvalue weighted by Crippen LogP contribution is 2.30. The molecule has 1 unspecified atom stereocenters. The second kappa shape index (κ2) is 7.12. The van der Waals surface area contributed by atoms with E-state index in [9.17, 15) is 14.4 Å². The molecular weight excluding hydrogens is 308 g/mol. The fraction of sp³-hybridized carbons (Fsp3) is 0.278. The molecule has 0 spiro atoms. The molecule has 1 aliphatic heterocycles. The molecule has 1 aliphatic rings. The summed E-state index contributed by atoms with van der Waals surface area (Å²) in [5.74, 6) is 0.481. The van der Waals surface area contributed by atoms with Gasteiger partial charge in [-0.2, -0.15) is 0 Å². The number of Topliss-reactive ketones (excluding diaryl/α,β-unsaturated/α-hetero) is 1. The molecule has 0 radical (unpaired) electrons. The van der Waals surface area contributed by atoms with Crippen LogP contribution in [-0.4, -0.2) is 18.0 Å². The van der Waals surface area contributed by atoms with Crippen molar-refractivity contribution in [2.45, 2.75) is 31.8 Å². The molecule has 124 valence electrons. The zero-order valence-corrected chi connectivity index (χ0v) is 13.1. The third-order valence-corrected chi connectivity index (χ3v) is 4.00. The number of benzene rings is 1. The van der Waals surface area contributed by atoms with Gasteiger partial charge in [0.25, 0.3) is 5.91 Å². The first-order chi connectivity index (χ1) is 11.7. The average Bonchev–Trinajstić information content (AvgIpc) is 3.21. The monoisotopic (exact) mass is 326 g/mol. The van der Waals surface area contributed by atoms with Crippen molar-refractivity contribution in [1.29, 1.82) is 0 Å². The van der Waals surface area contributed by atoms with Crippen molar-refractivity contribution in [3.05, 3.63) is 53.5 Å². The minimum absolute atomic E-state index is 0.0767. The fourth-order valence-electron chi connectivity index (χ4n) is 2.77. The van der Waals surface area contributed by atoms with Gasteiger partial charge < -0.3 is 19.8 Å². The molecule has 24 heavy (non-hydrogen) atoms. The van der Waals surface area contributed by atoms with Crippen LogP contribution in [0.4, 0.5) is 5.69 Å². The second-order valence-corrected chi connectivity index (χ2v) is 5.67. The first-order valence-electron chi connectivity index (χ1n) is 7.86. The molecule has 0 saturated heterocycles. The first-order valence-corrected chi connectivity index (χ1v) is 7.86. The molecule has 0 bridgehead atoms. The molecular formula is C18H18N2O4. The van der Waals surface area contributed by atoms with Crippen LogP contribution in [0.1, 0.15) is 47.0 Å². The lowest BCUT2D eigenvalue weighted by Gasteiger charge is -2.12. The highest BCUT2D eigenvalue weighted by molar-refractivity contribution is 6.05. The highest BCUT2D eigenvalue weighted by Gasteiger charge is 2.33. The summed E-state index contributed by atoms with van der Waals surface area (Å²) in [6.07, 6.45) is 3.53. The van der Waals surface area contributed by atoms with E-state index in [1.165, 1.54) is 0 Å². The van der Waals surface area contributed by atoms with Crippen molar-refractivity contribution in [1.82, 2.24) is 5.32 Å². The van der Waals surface area contributed by atoms with Crippen LogP contribution < -0.4 is 10.6 Å². The van der Waals surface area contributed by atoms with Gasteiger partial charge >= 0.3 is 0 Å². The minimum atomic E-state index is -0.635. The smallest absolute Gasteiger partial charge is 0.252 e. The minimum Gasteiger partial charge on any atom is -0.467 e. The topological polar surface area (TPSA) is 88.4 Å². The van der Waals surface area contributed by atoms with Crippen LogP contribution in [0, 0.1) is 0 Å². The molecule has 0 saturated carbocycles. The highest BCUT2D eigenvalue weighted by atomic mass is 16.3. The van der Waals surface area contributed by atoms with E-state index < -0.39 is 6.04 Å². The van der Waals surface area contributed by atoms with Crippen molar-refractivity contribution in [3.63, 3.8) is 0 Å². The van der Waals surface area contributed by atoms with Crippen LogP contribution >= 0.6 is 0 Å². The number of carbonyl (C=O) groups excluding carboxylic acids is 3. The number of hydrogen-bond donors (Lipinski definition) is 2. The molecule has 6 nitrogen and oxygen atoms in total. The quantitative estimate of drug-likeness (QED) is 0.575. The number of nitrogens with one attached hydrogen (secondary N) is 2. The lowest BCUT2D eigenvalue weighted by Crippen LogP contribution is -2.25. The van der Waals surface area contributed by atoms with Gasteiger partial charge in [-0.05, 0) is 42.3 Å². The second-order valence-electron chi connectivity index (χ2n) is 5.67. The van der Waals surface area contributed by atoms with Gasteiger partial charge in [-0.1, -0.05) is 0 Å². The van der Waals surface area contributed by atoms with Gasteiger partial charge in [0.1, 0.15) is 18.1 Å². The predicted octanol–water partition coefficient (Wildman–Crippen LogP) is 2.61. The van der Waals surface area contributed by atoms with Crippen LogP contribution in [0.3, 0.4) is 0 Å². The van der Waals surface area contributed by atoms with E-state index in [2.05, 4.69) is 10.6 Å². The summed E-state index contributed by atoms with van der Waals surface area (Å²) in [5.41, 5.74) is 2.01. The Morgan fingerprint density at radius 2 is 2.21 bits per heavy atom. The molecule has 2 N–H and O–H groups in total. The average molecular weight is 326 g/mol. The predicted molar refractivity (Wildman–Crippen MR) is 87.6 cm³/mol. The van der Waals surface area contributed by atoms with Gasteiger partial charge in [-0.25, -0.2) is 0 Å². The Labute approximate surface area is 139 Å². The Kier molecular flexibility index (Phi) is 4.74. The largest absolute Gasteiger partial charge is 0.467 e. The third kappa shape index (κ3) is 3.37. The molecule has 3 rings (SSSR count). The van der Waals surface area contributed by atoms with Gasteiger partial charge in [0.05, 0.1) is 12.8 Å². The first kappa shape index (κ1) is 16.0. The number of fused-ring (bicyclic) bond motifs is 1. The molecule has 2 aromatic rings. The number of aldehydes is 1. The number of amides is 1. The van der Waals surface area contributed by atoms with E-state index in [1.54, 1.807) is 18.4 Å². The Morgan fingerprint density at radius 1 is 1.33 bits per heavy atom. The van der Waals surface area contributed by atoms with Crippen molar-refractivity contribution in [2.75, 3.05) is 5.32 Å². The van der Waals surface area contributed by atoms with Gasteiger partial charge in [0.2, 0.25) is 0 Å². The summed E-state index contributed by atoms with van der Waals surface area (Å²) in [5, 5.41) is 5.93. The number of anilines is 1. The van der Waals surface area contributed by atoms with Gasteiger partial charge in [0, 0.05) is 24.1 Å². The summed E-state index contributed by atoms with van der Waals surface area (Å²) in [6.45, 7) is 0.519. The molecule has 1 atom stereocenters. The van der Waals surface area contributed by atoms with Crippen molar-refractivity contribution in [3.8, 4) is 0 Å². The van der Waals surface area contributed by atoms with E-state index in [0.29, 0.717) is 30.5 Å². The maximum atomic E-state index is 12.3. The standard InChI is InChI=1S/C18H18N2O4/c21-8-2-1-5-16(22)17-15-10-12(6-7-14(15)18(23)20-17)19-11-13-4-3-9-24-13/h3-4,6-10,17,19H,1-2,5,11H2,(H,20,23). The summed E-state index contributed by atoms with van der Waals surface area (Å²) in [6, 6.07) is 8.39. The Morgan fingerprint density at radius 3 is 2.96 bits per heavy atom. The SMILES string of the molecule is O=CCCCC(=O)C1NC(=O)c2ccc(NCc3ccco3)cc21. The number of ketones is 1. The lowest BCUT2D eigenvalue weighted by atomic mass is 9.98. The number of carbonyl (C=O) groups is 3. The van der Waals surface area contributed by atoms with Gasteiger partial charge in [0.15, 0.2) is 5.78 Å². The molecule has 1 amide bonds. The van der Waals surface area contributed by atoms with Crippen molar-refractivity contribution >= 4 is 23.7 Å². The van der Waals surface area contributed by atoms with Crippen LogP contribution in [0.15, 0.2) is 41.0 Å². The van der Waals surface area contributed by atoms with E-state index in [4.69, 9.17) is 4.42 Å². The molecule has 1 aromatic carbocycles. The molecule has 6 heteroatoms. The van der Waals surface area contributed by atoms with Crippen LogP contribution in [0.2, 0.25) is 0 Å². The van der Waals surface area contributed by atoms with E-state index in [0.717, 1.165) is 17.7 Å². The zero-order valence-electron chi connectivity index (χ0n) is 13.1. The molecule has 0 aliphatic carbocycles. The van der Waals surface area contributed by atoms with Crippen molar-refractivity contribution < 1.29 is 18.8 Å². The number of unbranched alkanes of at least 4 members (excludes halogenated alkanes) is 1. The fourth-order valence-corrected chi connectivity index (χ4v) is 2.77. The lowest BCUT2D eigenvalue weighted by molar-refractivity contribution is -0.121. The Bertz CT molecular complexity index is 752. The van der Waals surface area contributed by atoms with Crippen molar-refractivity contribution in [2.24, 2.45) is 0 Å². The van der Waals surface area contributed by atoms with E-state index >= 15 is 0 Å². The molecule has 0 fully saturated rings. The summed E-state index contributed by atoms with van der Waals surface area (Å²) >= 11 is 0. The summed E-state index contributed by atoms with van der Waals surface area (Å²) < 4.78 is 5.27. The third-order valence-electron chi connectivity index (χ3n) is 4.00. The van der Waals surface area contributed by atoms with E-state index in [-0.39, 0.29) is 18.1 Å². The maximum Gasteiger partial charge on any atom is 0.252 e. The van der Waals surface area contributed by atoms with Gasteiger partial charge in [-0.3, -0.25) is 9.59 Å². The summed E-state index contributed by atoms with van der Waals surface area (Å²) in [7, 11) is 0. The van der Waals surface area contributed by atoms with E-state index in [1.807, 2.05) is 18.2 Å². The number of rotatable bonds is 8. The number of furan rings is 1. The van der Waals surface area contributed by atoms with Crippen LogP contribution in [-0.2, 0) is 16.1 Å². The van der Waals surface area contributed by atoms with Gasteiger partial charge in [-0.15, -0.1) is 0 Å².